The third kappa shape index (κ3) is 1.85. The van der Waals surface area contributed by atoms with Crippen LogP contribution in [0.3, 0.4) is 0 Å². The van der Waals surface area contributed by atoms with Gasteiger partial charge in [0.05, 0.1) is 0 Å². The first-order valence-corrected chi connectivity index (χ1v) is 3.59. The van der Waals surface area contributed by atoms with Crippen molar-refractivity contribution in [3.8, 4) is 0 Å². The quantitative estimate of drug-likeness (QED) is 0.677. The van der Waals surface area contributed by atoms with Crippen molar-refractivity contribution in [3.63, 3.8) is 0 Å². The van der Waals surface area contributed by atoms with E-state index < -0.39 is 5.82 Å². The molecule has 0 spiro atoms. The number of Topliss-reactive ketones (excluding diaryl/α,β-unsaturated/α-hetero) is 1. The van der Waals surface area contributed by atoms with Crippen molar-refractivity contribution in [2.75, 3.05) is 6.54 Å². The van der Waals surface area contributed by atoms with Gasteiger partial charge < -0.3 is 5.73 Å². The minimum Gasteiger partial charge on any atom is -0.330 e. The molecule has 3 nitrogen and oxygen atoms in total. The summed E-state index contributed by atoms with van der Waals surface area (Å²) in [5.74, 6) is -0.938. The van der Waals surface area contributed by atoms with Crippen molar-refractivity contribution in [1.29, 1.82) is 0 Å². The number of carbonyl (C=O) groups is 1. The predicted molar refractivity (Wildman–Crippen MR) is 42.2 cm³/mol. The van der Waals surface area contributed by atoms with Crippen LogP contribution in [0.25, 0.3) is 0 Å². The standard InChI is InChI=1S/C8H9FN2O/c9-6-2-1-5-11-8(6)7(12)3-4-10/h1-2,5H,3-4,10H2. The summed E-state index contributed by atoms with van der Waals surface area (Å²) >= 11 is 0. The van der Waals surface area contributed by atoms with E-state index in [-0.39, 0.29) is 24.4 Å². The van der Waals surface area contributed by atoms with E-state index in [9.17, 15) is 9.18 Å². The second-order valence-electron chi connectivity index (χ2n) is 2.30. The largest absolute Gasteiger partial charge is 0.330 e. The molecular weight excluding hydrogens is 159 g/mol. The van der Waals surface area contributed by atoms with Crippen LogP contribution in [0.15, 0.2) is 18.3 Å². The highest BCUT2D eigenvalue weighted by molar-refractivity contribution is 5.94. The molecule has 1 heterocycles. The lowest BCUT2D eigenvalue weighted by molar-refractivity contribution is 0.0976. The number of ketones is 1. The van der Waals surface area contributed by atoms with Crippen LogP contribution in [0.5, 0.6) is 0 Å². The van der Waals surface area contributed by atoms with Crippen LogP contribution in [0, 0.1) is 5.82 Å². The first-order valence-electron chi connectivity index (χ1n) is 3.59. The zero-order valence-corrected chi connectivity index (χ0v) is 6.46. The molecule has 1 aromatic rings. The number of nitrogens with zero attached hydrogens (tertiary/aromatic N) is 1. The van der Waals surface area contributed by atoms with Crippen LogP contribution >= 0.6 is 0 Å². The van der Waals surface area contributed by atoms with Crippen LogP contribution in [0.2, 0.25) is 0 Å². The Hall–Kier alpha value is -1.29. The van der Waals surface area contributed by atoms with Gasteiger partial charge in [0.1, 0.15) is 5.69 Å². The summed E-state index contributed by atoms with van der Waals surface area (Å²) in [7, 11) is 0. The Morgan fingerprint density at radius 1 is 1.67 bits per heavy atom. The van der Waals surface area contributed by atoms with Crippen molar-refractivity contribution in [2.45, 2.75) is 6.42 Å². The Kier molecular flexibility index (Phi) is 2.88. The summed E-state index contributed by atoms with van der Waals surface area (Å²) in [4.78, 5) is 14.7. The van der Waals surface area contributed by atoms with Gasteiger partial charge in [-0.15, -0.1) is 0 Å². The molecule has 0 aromatic carbocycles. The number of carbonyl (C=O) groups excluding carboxylic acids is 1. The highest BCUT2D eigenvalue weighted by atomic mass is 19.1. The third-order valence-corrected chi connectivity index (χ3v) is 1.39. The van der Waals surface area contributed by atoms with Gasteiger partial charge in [-0.05, 0) is 18.7 Å². The van der Waals surface area contributed by atoms with Crippen molar-refractivity contribution in [1.82, 2.24) is 4.98 Å². The van der Waals surface area contributed by atoms with Crippen LogP contribution < -0.4 is 5.73 Å². The fraction of sp³-hybridized carbons (Fsp3) is 0.250. The summed E-state index contributed by atoms with van der Waals surface area (Å²) in [5.41, 5.74) is 5.02. The minimum absolute atomic E-state index is 0.122. The zero-order chi connectivity index (χ0) is 8.97. The summed E-state index contributed by atoms with van der Waals surface area (Å²) in [5, 5.41) is 0. The van der Waals surface area contributed by atoms with E-state index in [0.717, 1.165) is 0 Å². The molecule has 0 saturated heterocycles. The summed E-state index contributed by atoms with van der Waals surface area (Å²) in [6, 6.07) is 2.64. The van der Waals surface area contributed by atoms with E-state index in [0.29, 0.717) is 0 Å². The molecule has 0 saturated carbocycles. The smallest absolute Gasteiger partial charge is 0.185 e. The molecular formula is C8H9FN2O. The minimum atomic E-state index is -0.587. The lowest BCUT2D eigenvalue weighted by atomic mass is 10.2. The SMILES string of the molecule is NCCC(=O)c1ncccc1F. The Morgan fingerprint density at radius 2 is 2.42 bits per heavy atom. The monoisotopic (exact) mass is 168 g/mol. The molecule has 0 aliphatic rings. The number of aromatic nitrogens is 1. The third-order valence-electron chi connectivity index (χ3n) is 1.39. The molecule has 0 atom stereocenters. The van der Waals surface area contributed by atoms with E-state index in [2.05, 4.69) is 4.98 Å². The second-order valence-corrected chi connectivity index (χ2v) is 2.30. The maximum absolute atomic E-state index is 12.8. The first kappa shape index (κ1) is 8.80. The molecule has 1 aromatic heterocycles. The molecule has 2 N–H and O–H groups in total. The number of hydrogen-bond acceptors (Lipinski definition) is 3. The molecule has 0 aliphatic heterocycles. The average Bonchev–Trinajstić information content (AvgIpc) is 2.05. The Labute approximate surface area is 69.4 Å². The molecule has 64 valence electrons. The summed E-state index contributed by atoms with van der Waals surface area (Å²) in [6.45, 7) is 0.217. The van der Waals surface area contributed by atoms with Gasteiger partial charge in [0.25, 0.3) is 0 Å². The highest BCUT2D eigenvalue weighted by Crippen LogP contribution is 2.04. The lowest BCUT2D eigenvalue weighted by Gasteiger charge is -1.97. The fourth-order valence-corrected chi connectivity index (χ4v) is 0.840. The van der Waals surface area contributed by atoms with Crippen LogP contribution in [0.4, 0.5) is 4.39 Å². The summed E-state index contributed by atoms with van der Waals surface area (Å²) < 4.78 is 12.8. The topological polar surface area (TPSA) is 56.0 Å². The number of hydrogen-bond donors (Lipinski definition) is 1. The Morgan fingerprint density at radius 3 is 3.00 bits per heavy atom. The van der Waals surface area contributed by atoms with Crippen LogP contribution in [-0.2, 0) is 0 Å². The predicted octanol–water partition coefficient (Wildman–Crippen LogP) is 0.752. The van der Waals surface area contributed by atoms with Crippen molar-refractivity contribution in [3.05, 3.63) is 29.8 Å². The molecule has 0 aliphatic carbocycles. The van der Waals surface area contributed by atoms with Crippen molar-refractivity contribution in [2.24, 2.45) is 5.73 Å². The molecule has 0 bridgehead atoms. The molecule has 0 amide bonds. The highest BCUT2D eigenvalue weighted by Gasteiger charge is 2.10. The molecule has 1 rings (SSSR count). The maximum atomic E-state index is 12.8. The molecule has 12 heavy (non-hydrogen) atoms. The van der Waals surface area contributed by atoms with Gasteiger partial charge >= 0.3 is 0 Å². The molecule has 0 radical (unpaired) electrons. The van der Waals surface area contributed by atoms with E-state index in [1.165, 1.54) is 18.3 Å². The first-order chi connectivity index (χ1) is 5.75. The average molecular weight is 168 g/mol. The van der Waals surface area contributed by atoms with Crippen molar-refractivity contribution >= 4 is 5.78 Å². The van der Waals surface area contributed by atoms with Gasteiger partial charge in [-0.25, -0.2) is 4.39 Å². The van der Waals surface area contributed by atoms with E-state index in [1.54, 1.807) is 0 Å². The van der Waals surface area contributed by atoms with Gasteiger partial charge in [0, 0.05) is 12.6 Å². The Bertz CT molecular complexity index is 288. The normalized spacial score (nSPS) is 9.83. The number of nitrogens with two attached hydrogens (primary N) is 1. The maximum Gasteiger partial charge on any atom is 0.185 e. The van der Waals surface area contributed by atoms with Gasteiger partial charge in [0.15, 0.2) is 11.6 Å². The molecule has 4 heteroatoms. The van der Waals surface area contributed by atoms with E-state index in [1.807, 2.05) is 0 Å². The van der Waals surface area contributed by atoms with Gasteiger partial charge in [0.2, 0.25) is 0 Å². The summed E-state index contributed by atoms with van der Waals surface area (Å²) in [6.07, 6.45) is 1.51. The van der Waals surface area contributed by atoms with Crippen LogP contribution in [0.1, 0.15) is 16.9 Å². The Balaban J connectivity index is 2.87. The number of rotatable bonds is 3. The zero-order valence-electron chi connectivity index (χ0n) is 6.46. The van der Waals surface area contributed by atoms with Gasteiger partial charge in [-0.1, -0.05) is 0 Å². The number of halogens is 1. The van der Waals surface area contributed by atoms with Gasteiger partial charge in [-0.3, -0.25) is 9.78 Å². The lowest BCUT2D eigenvalue weighted by Crippen LogP contribution is -2.11. The van der Waals surface area contributed by atoms with Gasteiger partial charge in [-0.2, -0.15) is 0 Å². The fourth-order valence-electron chi connectivity index (χ4n) is 0.840. The van der Waals surface area contributed by atoms with E-state index in [4.69, 9.17) is 5.73 Å². The van der Waals surface area contributed by atoms with Crippen LogP contribution in [-0.4, -0.2) is 17.3 Å². The second kappa shape index (κ2) is 3.92. The van der Waals surface area contributed by atoms with E-state index >= 15 is 0 Å². The van der Waals surface area contributed by atoms with Crippen molar-refractivity contribution < 1.29 is 9.18 Å². The molecule has 0 fully saturated rings. The molecule has 0 unspecified atom stereocenters. The number of pyridine rings is 1.